The van der Waals surface area contributed by atoms with Gasteiger partial charge in [0.1, 0.15) is 18.5 Å². The average Bonchev–Trinajstić information content (AvgIpc) is 3.10. The number of hydrogen-bond acceptors (Lipinski definition) is 10. The minimum atomic E-state index is -1.46. The normalized spacial score (nSPS) is 25.1. The van der Waals surface area contributed by atoms with Crippen LogP contribution in [0.1, 0.15) is 36.6 Å². The summed E-state index contributed by atoms with van der Waals surface area (Å²) in [5.41, 5.74) is 6.14. The molecule has 0 radical (unpaired) electrons. The summed E-state index contributed by atoms with van der Waals surface area (Å²) in [6.07, 6.45) is -2.95. The van der Waals surface area contributed by atoms with Gasteiger partial charge < -0.3 is 24.7 Å². The van der Waals surface area contributed by atoms with Crippen molar-refractivity contribution in [2.75, 3.05) is 12.3 Å². The lowest BCUT2D eigenvalue weighted by Gasteiger charge is -2.24. The molecule has 1 fully saturated rings. The van der Waals surface area contributed by atoms with Crippen LogP contribution in [0.25, 0.3) is 6.08 Å². The van der Waals surface area contributed by atoms with Crippen molar-refractivity contribution in [3.05, 3.63) is 27.8 Å². The molecule has 158 valence electrons. The van der Waals surface area contributed by atoms with Crippen molar-refractivity contribution in [2.24, 2.45) is 0 Å². The molecule has 1 aromatic rings. The van der Waals surface area contributed by atoms with Crippen LogP contribution in [0.4, 0.5) is 5.82 Å². The van der Waals surface area contributed by atoms with Crippen LogP contribution in [-0.4, -0.2) is 52.4 Å². The third kappa shape index (κ3) is 5.55. The number of aromatic nitrogens is 2. The summed E-state index contributed by atoms with van der Waals surface area (Å²) in [6, 6.07) is 0. The van der Waals surface area contributed by atoms with Crippen molar-refractivity contribution >= 4 is 41.4 Å². The maximum absolute atomic E-state index is 12.5. The van der Waals surface area contributed by atoms with E-state index < -0.39 is 75.4 Å². The smallest absolute Gasteiger partial charge is 0.351 e. The highest BCUT2D eigenvalue weighted by Gasteiger charge is 2.51. The Morgan fingerprint density at radius 3 is 2.55 bits per heavy atom. The van der Waals surface area contributed by atoms with Crippen LogP contribution >= 0.6 is 11.6 Å². The number of esters is 3. The summed E-state index contributed by atoms with van der Waals surface area (Å²) in [5, 5.41) is 0. The van der Waals surface area contributed by atoms with E-state index in [4.69, 9.17) is 40.4 Å². The van der Waals surface area contributed by atoms with Gasteiger partial charge in [0, 0.05) is 42.1 Å². The molecular weight excluding hydrogens is 410 g/mol. The van der Waals surface area contributed by atoms with E-state index in [1.807, 2.05) is 0 Å². The molecule has 2 N–H and O–H groups in total. The Morgan fingerprint density at radius 1 is 1.28 bits per heavy atom. The van der Waals surface area contributed by atoms with Crippen LogP contribution in [0.5, 0.6) is 0 Å². The molecule has 0 aromatic carbocycles. The third-order valence-electron chi connectivity index (χ3n) is 3.76. The predicted octanol–water partition coefficient (Wildman–Crippen LogP) is 0.359. The van der Waals surface area contributed by atoms with E-state index in [9.17, 15) is 19.2 Å². The fourth-order valence-electron chi connectivity index (χ4n) is 2.69. The monoisotopic (exact) mass is 432 g/mol. The highest BCUT2D eigenvalue weighted by molar-refractivity contribution is 6.27. The first kappa shape index (κ1) is 18.1. The summed E-state index contributed by atoms with van der Waals surface area (Å²) in [7, 11) is 0. The molecule has 1 unspecified atom stereocenters. The Hall–Kier alpha value is -2.92. The minimum Gasteiger partial charge on any atom is -0.463 e. The zero-order valence-corrected chi connectivity index (χ0v) is 15.7. The van der Waals surface area contributed by atoms with E-state index in [1.165, 1.54) is 12.3 Å². The molecule has 0 saturated carbocycles. The van der Waals surface area contributed by atoms with Crippen molar-refractivity contribution in [1.29, 1.82) is 0 Å². The van der Waals surface area contributed by atoms with Crippen LogP contribution in [0, 0.1) is 0 Å². The van der Waals surface area contributed by atoms with Gasteiger partial charge >= 0.3 is 23.6 Å². The van der Waals surface area contributed by atoms with E-state index in [2.05, 4.69) is 4.98 Å². The van der Waals surface area contributed by atoms with Crippen molar-refractivity contribution < 1.29 is 37.4 Å². The number of anilines is 1. The first-order chi connectivity index (χ1) is 15.2. The first-order valence-corrected chi connectivity index (χ1v) is 8.42. The summed E-state index contributed by atoms with van der Waals surface area (Å²) in [4.78, 5) is 51.2. The van der Waals surface area contributed by atoms with Crippen molar-refractivity contribution in [2.45, 2.75) is 45.2 Å². The molecule has 1 aliphatic heterocycles. The van der Waals surface area contributed by atoms with Gasteiger partial charge in [-0.15, -0.1) is 0 Å². The lowest BCUT2D eigenvalue weighted by Crippen LogP contribution is -2.42. The molecule has 0 aliphatic carbocycles. The Morgan fingerprint density at radius 2 is 1.93 bits per heavy atom. The maximum atomic E-state index is 12.5. The number of carbonyl (C=O) groups is 3. The lowest BCUT2D eigenvalue weighted by atomic mass is 10.1. The number of nitrogen functional groups attached to an aromatic ring is 1. The van der Waals surface area contributed by atoms with Gasteiger partial charge in [0.2, 0.25) is 0 Å². The largest absolute Gasteiger partial charge is 0.463 e. The highest BCUT2D eigenvalue weighted by Crippen LogP contribution is 2.34. The Kier molecular flexibility index (Phi) is 5.95. The second kappa shape index (κ2) is 9.52. The molecule has 2 heterocycles. The fourth-order valence-corrected chi connectivity index (χ4v) is 2.82. The van der Waals surface area contributed by atoms with Gasteiger partial charge in [-0.1, -0.05) is 11.6 Å². The number of hydrogen-bond donors (Lipinski definition) is 1. The zero-order valence-electron chi connectivity index (χ0n) is 18.0. The van der Waals surface area contributed by atoms with Gasteiger partial charge in [-0.25, -0.2) is 4.79 Å². The van der Waals surface area contributed by atoms with E-state index in [1.54, 1.807) is 0 Å². The molecule has 0 bridgehead atoms. The second-order valence-electron chi connectivity index (χ2n) is 5.72. The highest BCUT2D eigenvalue weighted by atomic mass is 35.5. The standard InChI is InChI=1S/C17H20ClN3O8/c1-8(22)26-7-12-13(27-9(2)23)14(28-10(3)24)16(29-12)21-6-11(4-5-18)15(19)20-17(21)25/h4-6,12-14,16H,7H2,1-3H3,(H2,19,20,25)/t12-,13+,14-,16?/m1/s1/i1D,2D,3D. The molecule has 12 heteroatoms. The Balaban J connectivity index is 2.51. The number of carbonyl (C=O) groups excluding carboxylic acids is 3. The first-order valence-electron chi connectivity index (χ1n) is 10.1. The molecule has 1 saturated heterocycles. The second-order valence-corrected chi connectivity index (χ2v) is 5.97. The van der Waals surface area contributed by atoms with Crippen molar-refractivity contribution in [3.63, 3.8) is 0 Å². The molecule has 4 atom stereocenters. The summed E-state index contributed by atoms with van der Waals surface area (Å²) in [6.45, 7) is -2.74. The van der Waals surface area contributed by atoms with Gasteiger partial charge in [0.15, 0.2) is 18.4 Å². The van der Waals surface area contributed by atoms with Crippen molar-refractivity contribution in [3.8, 4) is 0 Å². The van der Waals surface area contributed by atoms with Gasteiger partial charge in [0.25, 0.3) is 0 Å². The van der Waals surface area contributed by atoms with Gasteiger partial charge in [0.05, 0.1) is 0 Å². The van der Waals surface area contributed by atoms with Crippen molar-refractivity contribution in [1.82, 2.24) is 9.55 Å². The SMILES string of the molecule is [2H]CC(=O)OC[C@H]1OC(n2cc(C=CCl)c(N)nc2=O)[C@H](OC(=O)C[2H])[C@H]1OC(=O)C[2H]. The van der Waals surface area contributed by atoms with E-state index in [0.29, 0.717) is 0 Å². The van der Waals surface area contributed by atoms with Crippen LogP contribution < -0.4 is 11.4 Å². The van der Waals surface area contributed by atoms with Crippen LogP contribution in [-0.2, 0) is 33.3 Å². The van der Waals surface area contributed by atoms with Gasteiger partial charge in [-0.3, -0.25) is 19.0 Å². The number of halogens is 1. The zero-order chi connectivity index (χ0) is 23.8. The molecule has 1 aliphatic rings. The lowest BCUT2D eigenvalue weighted by molar-refractivity contribution is -0.166. The maximum Gasteiger partial charge on any atom is 0.351 e. The van der Waals surface area contributed by atoms with Crippen LogP contribution in [0.15, 0.2) is 16.5 Å². The van der Waals surface area contributed by atoms with E-state index >= 15 is 0 Å². The van der Waals surface area contributed by atoms with E-state index in [-0.39, 0.29) is 11.4 Å². The minimum absolute atomic E-state index is 0.140. The molecule has 2 rings (SSSR count). The predicted molar refractivity (Wildman–Crippen MR) is 99.4 cm³/mol. The topological polar surface area (TPSA) is 149 Å². The number of nitrogens with two attached hydrogens (primary N) is 1. The Bertz CT molecular complexity index is 944. The van der Waals surface area contributed by atoms with Crippen LogP contribution in [0.2, 0.25) is 0 Å². The average molecular weight is 433 g/mol. The van der Waals surface area contributed by atoms with E-state index in [0.717, 1.165) is 10.1 Å². The molecular formula is C17H20ClN3O8. The molecule has 29 heavy (non-hydrogen) atoms. The molecule has 0 spiro atoms. The molecule has 1 aromatic heterocycles. The number of ether oxygens (including phenoxy) is 4. The summed E-state index contributed by atoms with van der Waals surface area (Å²) < 4.78 is 43.3. The summed E-state index contributed by atoms with van der Waals surface area (Å²) in [5.74, 6) is -3.06. The molecule has 0 amide bonds. The van der Waals surface area contributed by atoms with Crippen LogP contribution in [0.3, 0.4) is 0 Å². The van der Waals surface area contributed by atoms with Gasteiger partial charge in [-0.2, -0.15) is 4.98 Å². The molecule has 11 nitrogen and oxygen atoms in total. The number of rotatable bonds is 6. The third-order valence-corrected chi connectivity index (χ3v) is 3.88. The summed E-state index contributed by atoms with van der Waals surface area (Å²) >= 11 is 5.57. The quantitative estimate of drug-likeness (QED) is 0.493. The Labute approximate surface area is 174 Å². The number of nitrogens with zero attached hydrogens (tertiary/aromatic N) is 2. The fraction of sp³-hybridized carbons (Fsp3) is 0.471. The van der Waals surface area contributed by atoms with Gasteiger partial charge in [-0.05, 0) is 6.08 Å².